The number of methoxy groups -OCH3 is 1. The Bertz CT molecular complexity index is 485. The Morgan fingerprint density at radius 2 is 2.24 bits per heavy atom. The molecule has 0 saturated carbocycles. The molecule has 0 bridgehead atoms. The summed E-state index contributed by atoms with van der Waals surface area (Å²) in [5.74, 6) is 0.310. The topological polar surface area (TPSA) is 67.6 Å². The predicted octanol–water partition coefficient (Wildman–Crippen LogP) is 2.18. The zero-order valence-electron chi connectivity index (χ0n) is 12.7. The van der Waals surface area contributed by atoms with E-state index in [0.29, 0.717) is 11.8 Å². The van der Waals surface area contributed by atoms with E-state index in [1.807, 2.05) is 6.07 Å². The molecule has 1 unspecified atom stereocenters. The van der Waals surface area contributed by atoms with Crippen molar-refractivity contribution in [2.45, 2.75) is 31.8 Å². The first kappa shape index (κ1) is 15.7. The minimum Gasteiger partial charge on any atom is -0.490 e. The zero-order valence-corrected chi connectivity index (χ0v) is 12.7. The molecule has 21 heavy (non-hydrogen) atoms. The van der Waals surface area contributed by atoms with Gasteiger partial charge >= 0.3 is 5.69 Å². The number of ether oxygens (including phenoxy) is 1. The Morgan fingerprint density at radius 1 is 1.43 bits per heavy atom. The lowest BCUT2D eigenvalue weighted by molar-refractivity contribution is -0.385. The zero-order chi connectivity index (χ0) is 15.2. The van der Waals surface area contributed by atoms with Crippen LogP contribution in [0.15, 0.2) is 18.2 Å². The third-order valence-corrected chi connectivity index (χ3v) is 4.04. The molecule has 0 radical (unpaired) electrons. The number of nitro benzene ring substituents is 1. The first-order valence-corrected chi connectivity index (χ1v) is 7.34. The van der Waals surface area contributed by atoms with Gasteiger partial charge in [0, 0.05) is 18.7 Å². The number of rotatable bonds is 5. The average molecular weight is 293 g/mol. The maximum Gasteiger partial charge on any atom is 0.311 e. The van der Waals surface area contributed by atoms with Gasteiger partial charge in [-0.3, -0.25) is 15.0 Å². The minimum absolute atomic E-state index is 0.0333. The van der Waals surface area contributed by atoms with Crippen molar-refractivity contribution in [1.29, 1.82) is 0 Å². The predicted molar refractivity (Wildman–Crippen MR) is 81.6 cm³/mol. The molecule has 0 amide bonds. The molecule has 0 aliphatic carbocycles. The van der Waals surface area contributed by atoms with Gasteiger partial charge in [0.05, 0.1) is 12.0 Å². The molecule has 116 valence electrons. The van der Waals surface area contributed by atoms with Gasteiger partial charge in [0.25, 0.3) is 0 Å². The first-order valence-electron chi connectivity index (χ1n) is 7.34. The molecule has 1 aromatic carbocycles. The smallest absolute Gasteiger partial charge is 0.311 e. The molecule has 1 atom stereocenters. The Balaban J connectivity index is 2.07. The monoisotopic (exact) mass is 293 g/mol. The Labute approximate surface area is 125 Å². The molecule has 1 heterocycles. The normalized spacial score (nSPS) is 19.3. The fraction of sp³-hybridized carbons (Fsp3) is 0.600. The molecule has 1 aliphatic rings. The summed E-state index contributed by atoms with van der Waals surface area (Å²) in [6.45, 7) is 2.84. The van der Waals surface area contributed by atoms with Gasteiger partial charge in [-0.2, -0.15) is 0 Å². The fourth-order valence-electron chi connectivity index (χ4n) is 2.84. The highest BCUT2D eigenvalue weighted by Crippen LogP contribution is 2.28. The maximum absolute atomic E-state index is 11.1. The van der Waals surface area contributed by atoms with Crippen molar-refractivity contribution >= 4 is 5.69 Å². The van der Waals surface area contributed by atoms with Gasteiger partial charge in [0.1, 0.15) is 0 Å². The molecule has 1 N–H and O–H groups in total. The van der Waals surface area contributed by atoms with Crippen LogP contribution in [0.1, 0.15) is 24.8 Å². The van der Waals surface area contributed by atoms with Crippen molar-refractivity contribution in [3.05, 3.63) is 33.9 Å². The van der Waals surface area contributed by atoms with Crippen LogP contribution in [0.3, 0.4) is 0 Å². The van der Waals surface area contributed by atoms with Crippen LogP contribution in [0.2, 0.25) is 0 Å². The van der Waals surface area contributed by atoms with Crippen LogP contribution >= 0.6 is 0 Å². The largest absolute Gasteiger partial charge is 0.490 e. The highest BCUT2D eigenvalue weighted by molar-refractivity contribution is 5.48. The van der Waals surface area contributed by atoms with E-state index in [1.165, 1.54) is 20.0 Å². The van der Waals surface area contributed by atoms with Crippen molar-refractivity contribution < 1.29 is 9.66 Å². The quantitative estimate of drug-likeness (QED) is 0.665. The molecule has 1 aliphatic heterocycles. The van der Waals surface area contributed by atoms with E-state index in [9.17, 15) is 10.1 Å². The molecule has 1 saturated heterocycles. The Hall–Kier alpha value is -1.66. The number of hydrogen-bond acceptors (Lipinski definition) is 5. The molecule has 1 aromatic rings. The molecule has 6 nitrogen and oxygen atoms in total. The van der Waals surface area contributed by atoms with E-state index >= 15 is 0 Å². The Morgan fingerprint density at radius 3 is 2.95 bits per heavy atom. The maximum atomic E-state index is 11.1. The van der Waals surface area contributed by atoms with Crippen molar-refractivity contribution in [3.63, 3.8) is 0 Å². The van der Waals surface area contributed by atoms with E-state index in [-0.39, 0.29) is 5.69 Å². The second-order valence-corrected chi connectivity index (χ2v) is 5.51. The first-order chi connectivity index (χ1) is 10.1. The minimum atomic E-state index is -0.391. The third-order valence-electron chi connectivity index (χ3n) is 4.04. The van der Waals surface area contributed by atoms with Gasteiger partial charge < -0.3 is 10.1 Å². The van der Waals surface area contributed by atoms with Gasteiger partial charge in [0.2, 0.25) is 0 Å². The van der Waals surface area contributed by atoms with Gasteiger partial charge in [-0.05, 0) is 51.0 Å². The van der Waals surface area contributed by atoms with Crippen molar-refractivity contribution in [2.75, 3.05) is 27.2 Å². The number of benzene rings is 1. The van der Waals surface area contributed by atoms with Crippen molar-refractivity contribution in [3.8, 4) is 5.75 Å². The second-order valence-electron chi connectivity index (χ2n) is 5.51. The van der Waals surface area contributed by atoms with Gasteiger partial charge in [-0.25, -0.2) is 0 Å². The van der Waals surface area contributed by atoms with Crippen molar-refractivity contribution in [1.82, 2.24) is 10.2 Å². The molecular formula is C15H23N3O3. The van der Waals surface area contributed by atoms with E-state index in [4.69, 9.17) is 4.74 Å². The highest BCUT2D eigenvalue weighted by atomic mass is 16.6. The second kappa shape index (κ2) is 7.38. The summed E-state index contributed by atoms with van der Waals surface area (Å²) >= 11 is 0. The molecular weight excluding hydrogens is 270 g/mol. The lowest BCUT2D eigenvalue weighted by atomic mass is 10.1. The van der Waals surface area contributed by atoms with E-state index in [1.54, 1.807) is 12.1 Å². The summed E-state index contributed by atoms with van der Waals surface area (Å²) in [6, 6.07) is 5.72. The highest BCUT2D eigenvalue weighted by Gasteiger charge is 2.19. The van der Waals surface area contributed by atoms with Crippen molar-refractivity contribution in [2.24, 2.45) is 0 Å². The van der Waals surface area contributed by atoms with Crippen LogP contribution in [0.5, 0.6) is 5.75 Å². The number of nitrogens with zero attached hydrogens (tertiary/aromatic N) is 2. The van der Waals surface area contributed by atoms with E-state index < -0.39 is 4.92 Å². The standard InChI is InChI=1S/C15H23N3O3/c1-17(13-4-3-8-16-9-7-13)11-12-5-6-15(21-2)14(10-12)18(19)20/h5-6,10,13,16H,3-4,7-9,11H2,1-2H3. The lowest BCUT2D eigenvalue weighted by Gasteiger charge is -2.26. The molecule has 1 fully saturated rings. The number of nitro groups is 1. The van der Waals surface area contributed by atoms with Crippen LogP contribution in [0.4, 0.5) is 5.69 Å². The molecule has 0 aromatic heterocycles. The van der Waals surface area contributed by atoms with Gasteiger partial charge in [-0.1, -0.05) is 6.07 Å². The fourth-order valence-corrected chi connectivity index (χ4v) is 2.84. The van der Waals surface area contributed by atoms with Crippen LogP contribution in [0.25, 0.3) is 0 Å². The average Bonchev–Trinajstić information content (AvgIpc) is 2.76. The summed E-state index contributed by atoms with van der Waals surface area (Å²) in [5.41, 5.74) is 0.980. The number of nitrogens with one attached hydrogen (secondary N) is 1. The summed E-state index contributed by atoms with van der Waals surface area (Å²) in [6.07, 6.45) is 3.47. The van der Waals surface area contributed by atoms with E-state index in [0.717, 1.165) is 31.6 Å². The lowest BCUT2D eigenvalue weighted by Crippen LogP contribution is -2.32. The van der Waals surface area contributed by atoms with E-state index in [2.05, 4.69) is 17.3 Å². The SMILES string of the molecule is COc1ccc(CN(C)C2CCCNCC2)cc1[N+](=O)[O-]. The van der Waals surface area contributed by atoms with Crippen LogP contribution in [-0.4, -0.2) is 43.1 Å². The Kier molecular flexibility index (Phi) is 5.52. The van der Waals surface area contributed by atoms with Gasteiger partial charge in [0.15, 0.2) is 5.75 Å². The van der Waals surface area contributed by atoms with Crippen LogP contribution in [-0.2, 0) is 6.54 Å². The molecule has 0 spiro atoms. The summed E-state index contributed by atoms with van der Waals surface area (Å²) in [7, 11) is 3.54. The molecule has 2 rings (SSSR count). The molecule has 6 heteroatoms. The van der Waals surface area contributed by atoms with Crippen LogP contribution < -0.4 is 10.1 Å². The summed E-state index contributed by atoms with van der Waals surface area (Å²) < 4.78 is 5.04. The van der Waals surface area contributed by atoms with Gasteiger partial charge in [-0.15, -0.1) is 0 Å². The van der Waals surface area contributed by atoms with Crippen LogP contribution in [0, 0.1) is 10.1 Å². The third kappa shape index (κ3) is 4.15. The summed E-state index contributed by atoms with van der Waals surface area (Å²) in [4.78, 5) is 13.0. The summed E-state index contributed by atoms with van der Waals surface area (Å²) in [5, 5.41) is 14.5. The number of hydrogen-bond donors (Lipinski definition) is 1.